The number of rotatable bonds is 6. The van der Waals surface area contributed by atoms with E-state index in [-0.39, 0.29) is 0 Å². The molecule has 0 amide bonds. The predicted octanol–water partition coefficient (Wildman–Crippen LogP) is 36.3. The number of nitrogens with zero attached hydrogens (tertiary/aromatic N) is 6. The molecular weight excluding hydrogens is 1720 g/mol. The highest BCUT2D eigenvalue weighted by Gasteiger charge is 2.31. The lowest BCUT2D eigenvalue weighted by Crippen LogP contribution is -1.97. The van der Waals surface area contributed by atoms with Gasteiger partial charge in [-0.2, -0.15) is 0 Å². The molecule has 0 radical (unpaired) electrons. The molecule has 0 aliphatic rings. The summed E-state index contributed by atoms with van der Waals surface area (Å²) in [7, 11) is 0. The van der Waals surface area contributed by atoms with Gasteiger partial charge < -0.3 is 40.7 Å². The number of benzene rings is 24. The zero-order valence-corrected chi connectivity index (χ0v) is 75.9. The number of para-hydroxylation sites is 6. The van der Waals surface area contributed by atoms with Crippen molar-refractivity contribution >= 4 is 261 Å². The van der Waals surface area contributed by atoms with Crippen molar-refractivity contribution in [1.29, 1.82) is 0 Å². The van der Waals surface area contributed by atoms with Gasteiger partial charge in [0.15, 0.2) is 0 Å². The zero-order chi connectivity index (χ0) is 91.9. The van der Waals surface area contributed by atoms with Crippen molar-refractivity contribution in [3.63, 3.8) is 0 Å². The maximum absolute atomic E-state index is 6.71. The topological polar surface area (TPSA) is 69.0 Å². The molecule has 0 aliphatic heterocycles. The van der Waals surface area contributed by atoms with E-state index < -0.39 is 0 Å². The van der Waals surface area contributed by atoms with Crippen molar-refractivity contribution < 1.29 is 13.3 Å². The van der Waals surface area contributed by atoms with Crippen molar-refractivity contribution in [1.82, 2.24) is 27.4 Å². The Morgan fingerprint density at radius 3 is 0.688 bits per heavy atom. The number of fused-ring (bicyclic) bond motifs is 39. The van der Waals surface area contributed by atoms with Crippen molar-refractivity contribution in [2.75, 3.05) is 0 Å². The molecule has 9 heterocycles. The first-order valence-electron chi connectivity index (χ1n) is 48.4. The molecule has 0 saturated carbocycles. The van der Waals surface area contributed by atoms with Crippen molar-refractivity contribution in [3.05, 3.63) is 473 Å². The summed E-state index contributed by atoms with van der Waals surface area (Å²) in [6.45, 7) is 0. The van der Waals surface area contributed by atoms with Crippen LogP contribution >= 0.6 is 0 Å². The normalized spacial score (nSPS) is 12.3. The average molecular weight is 1800 g/mol. The molecule has 0 aliphatic carbocycles. The van der Waals surface area contributed by atoms with Crippen molar-refractivity contribution in [2.45, 2.75) is 0 Å². The lowest BCUT2D eigenvalue weighted by Gasteiger charge is -2.13. The van der Waals surface area contributed by atoms with Gasteiger partial charge in [0.25, 0.3) is 0 Å². The highest BCUT2D eigenvalue weighted by Crippen LogP contribution is 2.53. The van der Waals surface area contributed by atoms with Crippen LogP contribution in [0.2, 0.25) is 0 Å². The average Bonchev–Trinajstić information content (AvgIpc) is 1.53. The summed E-state index contributed by atoms with van der Waals surface area (Å²) in [6.07, 6.45) is 0. The van der Waals surface area contributed by atoms with Crippen LogP contribution in [0, 0.1) is 0 Å². The van der Waals surface area contributed by atoms with Crippen LogP contribution in [0.3, 0.4) is 0 Å². The fourth-order valence-electron chi connectivity index (χ4n) is 24.3. The van der Waals surface area contributed by atoms with Gasteiger partial charge in [-0.1, -0.05) is 322 Å². The first kappa shape index (κ1) is 77.3. The van der Waals surface area contributed by atoms with Crippen LogP contribution < -0.4 is 0 Å². The second-order valence-corrected chi connectivity index (χ2v) is 37.5. The summed E-state index contributed by atoms with van der Waals surface area (Å²) in [5, 5.41) is 35.9. The molecule has 654 valence electrons. The summed E-state index contributed by atoms with van der Waals surface area (Å²) in [4.78, 5) is 0. The Bertz CT molecular complexity index is 10800. The van der Waals surface area contributed by atoms with Crippen LogP contribution in [0.25, 0.3) is 295 Å². The van der Waals surface area contributed by atoms with Crippen LogP contribution in [0.5, 0.6) is 0 Å². The molecule has 0 saturated heterocycles. The molecule has 0 unspecified atom stereocenters. The Hall–Kier alpha value is -19.0. The van der Waals surface area contributed by atoms with Gasteiger partial charge in [-0.3, -0.25) is 0 Å². The molecule has 9 nitrogen and oxygen atoms in total. The van der Waals surface area contributed by atoms with E-state index >= 15 is 0 Å². The van der Waals surface area contributed by atoms with Gasteiger partial charge in [0.05, 0.1) is 111 Å². The first-order chi connectivity index (χ1) is 70.0. The first-order valence-corrected chi connectivity index (χ1v) is 48.4. The summed E-state index contributed by atoms with van der Waals surface area (Å²) in [5.74, 6) is 0. The number of hydrogen-bond acceptors (Lipinski definition) is 3. The van der Waals surface area contributed by atoms with E-state index in [1.807, 2.05) is 18.2 Å². The van der Waals surface area contributed by atoms with Gasteiger partial charge >= 0.3 is 0 Å². The molecule has 33 rings (SSSR count). The molecule has 0 spiro atoms. The fourth-order valence-corrected chi connectivity index (χ4v) is 24.3. The molecule has 33 aromatic rings. The minimum atomic E-state index is 0.912. The maximum atomic E-state index is 6.71. The zero-order valence-electron chi connectivity index (χ0n) is 75.9. The van der Waals surface area contributed by atoms with E-state index in [1.165, 1.54) is 174 Å². The third-order valence-corrected chi connectivity index (χ3v) is 30.2. The third kappa shape index (κ3) is 11.0. The minimum Gasteiger partial charge on any atom is -0.455 e. The number of hydrogen-bond donors (Lipinski definition) is 0. The molecule has 0 N–H and O–H groups in total. The fraction of sp³-hybridized carbons (Fsp3) is 0. The van der Waals surface area contributed by atoms with E-state index in [1.54, 1.807) is 0 Å². The highest BCUT2D eigenvalue weighted by atomic mass is 16.3. The van der Waals surface area contributed by atoms with Gasteiger partial charge in [0, 0.05) is 113 Å². The van der Waals surface area contributed by atoms with Gasteiger partial charge in [0.2, 0.25) is 0 Å². The van der Waals surface area contributed by atoms with E-state index in [9.17, 15) is 0 Å². The predicted molar refractivity (Wildman–Crippen MR) is 592 cm³/mol. The Kier molecular flexibility index (Phi) is 16.3. The summed E-state index contributed by atoms with van der Waals surface area (Å²) >= 11 is 0. The maximum Gasteiger partial charge on any atom is 0.145 e. The number of furan rings is 3. The standard InChI is InChI=1S/3C44H26N2O/c2*1-3-15-29-27(11-1)13-9-20-35(29)45-37-19-7-5-18-33(37)41-38(45)26-24-34-42-39(25-23-32-31-17-6-8-22-40(31)47-44(32)42)46(43(34)41)36-21-10-14-28-12-2-4-16-30(28)36;1-2-12-29-26-30(21-20-27(29)10-1)45-37-17-7-5-16-34(37)41-38(45)25-23-35-42-39(24-22-33-32-15-6-8-19-40(32)47-44(33)42)46(43(35)41)36-18-9-13-28-11-3-4-14-31(28)36/h3*1-26H. The lowest BCUT2D eigenvalue weighted by atomic mass is 10.1. The molecule has 24 aromatic carbocycles. The van der Waals surface area contributed by atoms with Crippen molar-refractivity contribution in [3.8, 4) is 34.1 Å². The van der Waals surface area contributed by atoms with Gasteiger partial charge in [-0.05, 0) is 189 Å². The van der Waals surface area contributed by atoms with E-state index in [2.05, 4.69) is 482 Å². The van der Waals surface area contributed by atoms with Gasteiger partial charge in [-0.25, -0.2) is 0 Å². The van der Waals surface area contributed by atoms with Gasteiger partial charge in [-0.15, -0.1) is 0 Å². The quantitative estimate of drug-likeness (QED) is 0.167. The second kappa shape index (κ2) is 29.8. The Morgan fingerprint density at radius 2 is 0.362 bits per heavy atom. The molecule has 141 heavy (non-hydrogen) atoms. The molecule has 0 fully saturated rings. The largest absolute Gasteiger partial charge is 0.455 e. The van der Waals surface area contributed by atoms with Crippen LogP contribution in [-0.2, 0) is 0 Å². The smallest absolute Gasteiger partial charge is 0.145 e. The van der Waals surface area contributed by atoms with Crippen LogP contribution in [0.1, 0.15) is 0 Å². The van der Waals surface area contributed by atoms with E-state index in [0.717, 1.165) is 121 Å². The van der Waals surface area contributed by atoms with Crippen LogP contribution in [0.4, 0.5) is 0 Å². The molecule has 0 atom stereocenters. The molecule has 0 bridgehead atoms. The summed E-state index contributed by atoms with van der Waals surface area (Å²) in [6, 6.07) is 171. The van der Waals surface area contributed by atoms with E-state index in [4.69, 9.17) is 13.3 Å². The molecule has 9 heteroatoms. The molecule has 9 aromatic heterocycles. The number of aromatic nitrogens is 6. The second-order valence-electron chi connectivity index (χ2n) is 37.5. The third-order valence-electron chi connectivity index (χ3n) is 30.2. The van der Waals surface area contributed by atoms with Crippen LogP contribution in [0.15, 0.2) is 486 Å². The van der Waals surface area contributed by atoms with Gasteiger partial charge in [0.1, 0.15) is 33.5 Å². The summed E-state index contributed by atoms with van der Waals surface area (Å²) < 4.78 is 34.9. The van der Waals surface area contributed by atoms with Crippen molar-refractivity contribution in [2.24, 2.45) is 0 Å². The highest BCUT2D eigenvalue weighted by molar-refractivity contribution is 6.36. The van der Waals surface area contributed by atoms with Crippen LogP contribution in [-0.4, -0.2) is 27.4 Å². The Balaban J connectivity index is 0.0000000972. The minimum absolute atomic E-state index is 0.912. The summed E-state index contributed by atoms with van der Waals surface area (Å²) in [5.41, 5.74) is 26.6. The Morgan fingerprint density at radius 1 is 0.128 bits per heavy atom. The Labute approximate surface area is 803 Å². The van der Waals surface area contributed by atoms with E-state index in [0.29, 0.717) is 0 Å². The lowest BCUT2D eigenvalue weighted by molar-refractivity contribution is 0.672. The monoisotopic (exact) mass is 1790 g/mol. The SMILES string of the molecule is c1ccc2c(-n3c4ccccc4c4c3ccc3c5c6oc7ccccc7c6ccc5n(-c5cccc6ccccc56)c34)cccc2c1.c1ccc2c(-n3c4ccccc4c4c3ccc3c5c6oc7ccccc7c6ccc5n(-c5cccc6ccccc56)c34)cccc2c1.c1ccc2cc(-n3c4ccccc4c4c3ccc3c5c6oc7ccccc7c6ccc5n(-c5cccc6ccccc56)c34)ccc2c1. The molecular formula is C132H78N6O3.